The Labute approximate surface area is 144 Å². The number of ether oxygens (including phenoxy) is 1. The molecule has 3 heterocycles. The number of hydrogen-bond acceptors (Lipinski definition) is 4. The molecule has 5 heteroatoms. The Bertz CT molecular complexity index is 940. The highest BCUT2D eigenvalue weighted by Crippen LogP contribution is 2.28. The molecule has 3 aromatic heterocycles. The minimum absolute atomic E-state index is 0.532. The fourth-order valence-electron chi connectivity index (χ4n) is 2.84. The molecule has 0 radical (unpaired) electrons. The molecule has 0 atom stereocenters. The normalized spacial score (nSPS) is 11.4. The number of unbranched alkanes of at least 4 members (excludes halogenated alkanes) is 1. The minimum Gasteiger partial charge on any atom is -0.470 e. The summed E-state index contributed by atoms with van der Waals surface area (Å²) < 4.78 is 9.48. The van der Waals surface area contributed by atoms with Gasteiger partial charge in [0.05, 0.1) is 11.8 Å². The molecule has 4 rings (SSSR count). The van der Waals surface area contributed by atoms with E-state index < -0.39 is 0 Å². The van der Waals surface area contributed by atoms with Gasteiger partial charge in [-0.25, -0.2) is 9.97 Å². The van der Waals surface area contributed by atoms with E-state index in [1.54, 1.807) is 17.5 Å². The maximum atomic E-state index is 6.05. The number of aryl methyl sites for hydroxylation is 1. The maximum Gasteiger partial charge on any atom is 0.240 e. The number of thiophene rings is 1. The van der Waals surface area contributed by atoms with Gasteiger partial charge in [-0.05, 0) is 30.0 Å². The van der Waals surface area contributed by atoms with Crippen LogP contribution in [0.5, 0.6) is 5.88 Å². The van der Waals surface area contributed by atoms with Gasteiger partial charge in [-0.2, -0.15) is 0 Å². The number of hydrogen-bond donors (Lipinski definition) is 0. The van der Waals surface area contributed by atoms with E-state index in [0.29, 0.717) is 12.5 Å². The van der Waals surface area contributed by atoms with Crippen LogP contribution in [0.1, 0.15) is 24.6 Å². The molecule has 0 saturated carbocycles. The van der Waals surface area contributed by atoms with Gasteiger partial charge in [-0.15, -0.1) is 11.3 Å². The lowest BCUT2D eigenvalue weighted by molar-refractivity contribution is 0.300. The molecule has 0 unspecified atom stereocenters. The van der Waals surface area contributed by atoms with Crippen molar-refractivity contribution in [2.75, 3.05) is 0 Å². The summed E-state index contributed by atoms with van der Waals surface area (Å²) in [6, 6.07) is 12.5. The number of pyridine rings is 1. The average Bonchev–Trinajstić information content (AvgIpc) is 3.22. The molecular weight excluding hydrogens is 318 g/mol. The van der Waals surface area contributed by atoms with Crippen molar-refractivity contribution < 1.29 is 4.74 Å². The van der Waals surface area contributed by atoms with Crippen molar-refractivity contribution in [2.45, 2.75) is 32.9 Å². The zero-order valence-electron chi connectivity index (χ0n) is 13.6. The molecule has 0 bridgehead atoms. The van der Waals surface area contributed by atoms with Crippen molar-refractivity contribution in [3.05, 3.63) is 53.8 Å². The highest BCUT2D eigenvalue weighted by atomic mass is 32.1. The Morgan fingerprint density at radius 3 is 2.96 bits per heavy atom. The van der Waals surface area contributed by atoms with Gasteiger partial charge in [0.15, 0.2) is 0 Å². The summed E-state index contributed by atoms with van der Waals surface area (Å²) in [5.74, 6) is 0.665. The molecule has 0 amide bonds. The zero-order valence-corrected chi connectivity index (χ0v) is 14.4. The average molecular weight is 337 g/mol. The lowest BCUT2D eigenvalue weighted by Crippen LogP contribution is -2.01. The first kappa shape index (κ1) is 15.1. The predicted octanol–water partition coefficient (Wildman–Crippen LogP) is 5.03. The van der Waals surface area contributed by atoms with Crippen LogP contribution >= 0.6 is 11.3 Å². The third-order valence-electron chi connectivity index (χ3n) is 4.07. The quantitative estimate of drug-likeness (QED) is 0.496. The van der Waals surface area contributed by atoms with E-state index in [1.165, 1.54) is 15.0 Å². The predicted molar refractivity (Wildman–Crippen MR) is 98.6 cm³/mol. The Kier molecular flexibility index (Phi) is 4.17. The van der Waals surface area contributed by atoms with Crippen molar-refractivity contribution in [3.8, 4) is 5.88 Å². The Morgan fingerprint density at radius 1 is 1.17 bits per heavy atom. The Balaban J connectivity index is 1.60. The van der Waals surface area contributed by atoms with E-state index in [4.69, 9.17) is 4.74 Å². The van der Waals surface area contributed by atoms with Gasteiger partial charge >= 0.3 is 0 Å². The molecule has 0 N–H and O–H groups in total. The summed E-state index contributed by atoms with van der Waals surface area (Å²) >= 11 is 1.77. The van der Waals surface area contributed by atoms with Crippen LogP contribution in [0.15, 0.2) is 48.9 Å². The van der Waals surface area contributed by atoms with Crippen molar-refractivity contribution in [1.29, 1.82) is 0 Å². The van der Waals surface area contributed by atoms with Gasteiger partial charge in [0.25, 0.3) is 0 Å². The van der Waals surface area contributed by atoms with Crippen molar-refractivity contribution in [3.63, 3.8) is 0 Å². The first-order valence-electron chi connectivity index (χ1n) is 8.25. The molecule has 0 aliphatic carbocycles. The summed E-state index contributed by atoms with van der Waals surface area (Å²) in [7, 11) is 0. The van der Waals surface area contributed by atoms with Gasteiger partial charge in [-0.3, -0.25) is 0 Å². The van der Waals surface area contributed by atoms with Gasteiger partial charge in [0, 0.05) is 22.3 Å². The van der Waals surface area contributed by atoms with E-state index in [-0.39, 0.29) is 0 Å². The summed E-state index contributed by atoms with van der Waals surface area (Å²) in [5, 5.41) is 1.26. The highest BCUT2D eigenvalue weighted by Gasteiger charge is 2.11. The molecule has 4 aromatic rings. The second-order valence-electron chi connectivity index (χ2n) is 5.81. The maximum absolute atomic E-state index is 6.05. The molecular formula is C19H19N3OS. The van der Waals surface area contributed by atoms with Gasteiger partial charge in [0.2, 0.25) is 5.88 Å². The van der Waals surface area contributed by atoms with Gasteiger partial charge < -0.3 is 9.30 Å². The molecule has 0 aliphatic heterocycles. The number of rotatable bonds is 6. The molecule has 122 valence electrons. The van der Waals surface area contributed by atoms with Crippen molar-refractivity contribution >= 4 is 32.5 Å². The van der Waals surface area contributed by atoms with E-state index >= 15 is 0 Å². The number of fused-ring (bicyclic) bond motifs is 2. The van der Waals surface area contributed by atoms with Crippen LogP contribution in [-0.4, -0.2) is 14.5 Å². The molecule has 0 aliphatic rings. The van der Waals surface area contributed by atoms with Gasteiger partial charge in [0.1, 0.15) is 12.1 Å². The van der Waals surface area contributed by atoms with E-state index in [2.05, 4.69) is 51.8 Å². The summed E-state index contributed by atoms with van der Waals surface area (Å²) in [6.45, 7) is 3.67. The van der Waals surface area contributed by atoms with E-state index in [0.717, 1.165) is 30.4 Å². The van der Waals surface area contributed by atoms with Crippen LogP contribution in [0.3, 0.4) is 0 Å². The van der Waals surface area contributed by atoms with Crippen LogP contribution in [0, 0.1) is 0 Å². The van der Waals surface area contributed by atoms with Crippen LogP contribution in [0.25, 0.3) is 21.1 Å². The lowest BCUT2D eigenvalue weighted by Gasteiger charge is -2.08. The van der Waals surface area contributed by atoms with Crippen LogP contribution < -0.4 is 4.74 Å². The third-order valence-corrected chi connectivity index (χ3v) is 5.16. The lowest BCUT2D eigenvalue weighted by atomic mass is 10.2. The second kappa shape index (κ2) is 6.61. The van der Waals surface area contributed by atoms with Crippen LogP contribution in [0.4, 0.5) is 0 Å². The molecule has 1 aromatic carbocycles. The van der Waals surface area contributed by atoms with Crippen molar-refractivity contribution in [2.24, 2.45) is 0 Å². The van der Waals surface area contributed by atoms with Crippen molar-refractivity contribution in [1.82, 2.24) is 14.5 Å². The van der Waals surface area contributed by atoms with Crippen LogP contribution in [0.2, 0.25) is 0 Å². The zero-order chi connectivity index (χ0) is 16.4. The minimum atomic E-state index is 0.532. The standard InChI is InChI=1S/C19H19N3OS/c1-2-3-10-22-13-21-16-8-9-20-19(18(16)22)23-12-15-11-14-6-4-5-7-17(14)24-15/h4-9,11,13H,2-3,10,12H2,1H3. The third kappa shape index (κ3) is 2.87. The molecule has 24 heavy (non-hydrogen) atoms. The number of benzene rings is 1. The monoisotopic (exact) mass is 337 g/mol. The fraction of sp³-hybridized carbons (Fsp3) is 0.263. The Morgan fingerprint density at radius 2 is 2.08 bits per heavy atom. The highest BCUT2D eigenvalue weighted by molar-refractivity contribution is 7.19. The Hall–Kier alpha value is -2.40. The van der Waals surface area contributed by atoms with Gasteiger partial charge in [-0.1, -0.05) is 31.5 Å². The smallest absolute Gasteiger partial charge is 0.240 e. The SMILES string of the molecule is CCCCn1cnc2ccnc(OCc3cc4ccccc4s3)c21. The van der Waals surface area contributed by atoms with Crippen LogP contribution in [-0.2, 0) is 13.2 Å². The van der Waals surface area contributed by atoms with E-state index in [1.807, 2.05) is 12.4 Å². The first-order chi connectivity index (χ1) is 11.8. The topological polar surface area (TPSA) is 39.9 Å². The van der Waals surface area contributed by atoms with E-state index in [9.17, 15) is 0 Å². The molecule has 0 spiro atoms. The number of imidazole rings is 1. The molecule has 4 nitrogen and oxygen atoms in total. The number of nitrogens with zero attached hydrogens (tertiary/aromatic N) is 3. The molecule has 0 fully saturated rings. The summed E-state index contributed by atoms with van der Waals surface area (Å²) in [6.07, 6.45) is 5.92. The first-order valence-corrected chi connectivity index (χ1v) is 9.07. The summed E-state index contributed by atoms with van der Waals surface area (Å²) in [5.41, 5.74) is 1.93. The second-order valence-corrected chi connectivity index (χ2v) is 6.98. The summed E-state index contributed by atoms with van der Waals surface area (Å²) in [4.78, 5) is 10.1. The fourth-order valence-corrected chi connectivity index (χ4v) is 3.82. The largest absolute Gasteiger partial charge is 0.470 e. The molecule has 0 saturated heterocycles. The number of aromatic nitrogens is 3.